The van der Waals surface area contributed by atoms with Crippen LogP contribution in [0.15, 0.2) is 48.8 Å². The number of hydrogen-bond donors (Lipinski definition) is 4. The minimum atomic E-state index is -0.172. The molecule has 0 amide bonds. The Kier molecular flexibility index (Phi) is 10.9. The Labute approximate surface area is 284 Å². The van der Waals surface area contributed by atoms with Gasteiger partial charge >= 0.3 is 0 Å². The Morgan fingerprint density at radius 3 is 1.66 bits per heavy atom. The highest BCUT2D eigenvalue weighted by atomic mass is 35.5. The molecule has 0 unspecified atom stereocenters. The Bertz CT molecular complexity index is 1700. The van der Waals surface area contributed by atoms with Crippen LogP contribution in [0.4, 0.5) is 0 Å². The summed E-state index contributed by atoms with van der Waals surface area (Å²) in [6.45, 7) is 2.68. The lowest BCUT2D eigenvalue weighted by Crippen LogP contribution is -2.36. The summed E-state index contributed by atoms with van der Waals surface area (Å²) in [5, 5.41) is 26.8. The Morgan fingerprint density at radius 1 is 0.702 bits per heavy atom. The van der Waals surface area contributed by atoms with E-state index in [1.54, 1.807) is 26.6 Å². The number of aliphatic hydroxyl groups excluding tert-OH is 2. The third-order valence-electron chi connectivity index (χ3n) is 9.02. The first-order valence-electron chi connectivity index (χ1n) is 16.0. The van der Waals surface area contributed by atoms with Gasteiger partial charge < -0.3 is 30.3 Å². The van der Waals surface area contributed by atoms with E-state index >= 15 is 0 Å². The normalized spacial score (nSPS) is 20.4. The zero-order valence-corrected chi connectivity index (χ0v) is 28.1. The van der Waals surface area contributed by atoms with Gasteiger partial charge in [0.05, 0.1) is 60.3 Å². The van der Waals surface area contributed by atoms with Crippen molar-refractivity contribution >= 4 is 23.2 Å². The minimum absolute atomic E-state index is 0.133. The van der Waals surface area contributed by atoms with Crippen LogP contribution in [0.3, 0.4) is 0 Å². The van der Waals surface area contributed by atoms with Gasteiger partial charge in [-0.1, -0.05) is 59.6 Å². The predicted molar refractivity (Wildman–Crippen MR) is 183 cm³/mol. The molecule has 4 aromatic rings. The van der Waals surface area contributed by atoms with Crippen molar-refractivity contribution in [2.24, 2.45) is 11.8 Å². The van der Waals surface area contributed by atoms with Gasteiger partial charge in [0.2, 0.25) is 11.8 Å². The van der Waals surface area contributed by atoms with E-state index in [-0.39, 0.29) is 12.2 Å². The Balaban J connectivity index is 1.19. The molecule has 0 bridgehead atoms. The van der Waals surface area contributed by atoms with E-state index in [0.29, 0.717) is 80.6 Å². The van der Waals surface area contributed by atoms with Crippen LogP contribution in [0, 0.1) is 11.8 Å². The van der Waals surface area contributed by atoms with Gasteiger partial charge in [0.15, 0.2) is 0 Å². The first kappa shape index (κ1) is 33.5. The second-order valence-electron chi connectivity index (χ2n) is 12.3. The highest BCUT2D eigenvalue weighted by molar-refractivity contribution is 6.39. The average molecular weight is 680 g/mol. The van der Waals surface area contributed by atoms with Crippen LogP contribution >= 0.6 is 23.2 Å². The van der Waals surface area contributed by atoms with Gasteiger partial charge in [-0.2, -0.15) is 0 Å². The van der Waals surface area contributed by atoms with E-state index in [9.17, 15) is 10.2 Å². The van der Waals surface area contributed by atoms with Crippen molar-refractivity contribution in [2.75, 3.05) is 27.3 Å². The van der Waals surface area contributed by atoms with Crippen molar-refractivity contribution in [3.05, 3.63) is 70.2 Å². The van der Waals surface area contributed by atoms with Crippen LogP contribution < -0.4 is 20.1 Å². The summed E-state index contributed by atoms with van der Waals surface area (Å²) < 4.78 is 11.2. The lowest BCUT2D eigenvalue weighted by molar-refractivity contribution is 0.0393. The van der Waals surface area contributed by atoms with Crippen molar-refractivity contribution in [1.29, 1.82) is 0 Å². The highest BCUT2D eigenvalue weighted by Gasteiger charge is 2.27. The molecule has 0 saturated heterocycles. The summed E-state index contributed by atoms with van der Waals surface area (Å²) >= 11 is 14.1. The largest absolute Gasteiger partial charge is 0.480 e. The maximum atomic E-state index is 9.53. The van der Waals surface area contributed by atoms with Crippen molar-refractivity contribution in [1.82, 2.24) is 30.6 Å². The molecule has 6 rings (SSSR count). The number of hydrogen-bond acceptors (Lipinski definition) is 10. The first-order valence-corrected chi connectivity index (χ1v) is 16.8. The third-order valence-corrected chi connectivity index (χ3v) is 9.83. The van der Waals surface area contributed by atoms with Gasteiger partial charge in [0, 0.05) is 35.3 Å². The molecule has 2 aliphatic rings. The SMILES string of the molecule is COc1nc(-c2cccc(-c3cccc(-c4cnc(CNC[C@H]5C[C@@H](O)C5)c(OC)n4)c3Cl)c2Cl)cnc1CNCCC1CC(O)C1. The van der Waals surface area contributed by atoms with Gasteiger partial charge in [-0.25, -0.2) is 9.97 Å². The third kappa shape index (κ3) is 7.69. The Morgan fingerprint density at radius 2 is 1.17 bits per heavy atom. The number of rotatable bonds is 14. The van der Waals surface area contributed by atoms with Gasteiger partial charge in [-0.3, -0.25) is 9.97 Å². The van der Waals surface area contributed by atoms with Crippen LogP contribution in [-0.4, -0.2) is 69.7 Å². The molecule has 2 fully saturated rings. The quantitative estimate of drug-likeness (QED) is 0.123. The van der Waals surface area contributed by atoms with E-state index in [2.05, 4.69) is 20.6 Å². The molecule has 47 heavy (non-hydrogen) atoms. The fourth-order valence-corrected chi connectivity index (χ4v) is 6.86. The molecule has 2 aromatic carbocycles. The zero-order chi connectivity index (χ0) is 32.9. The van der Waals surface area contributed by atoms with Crippen LogP contribution in [-0.2, 0) is 13.1 Å². The van der Waals surface area contributed by atoms with Gasteiger partial charge in [0.25, 0.3) is 0 Å². The Hall–Kier alpha value is -3.38. The maximum absolute atomic E-state index is 9.53. The molecule has 248 valence electrons. The van der Waals surface area contributed by atoms with E-state index in [1.165, 1.54) is 0 Å². The van der Waals surface area contributed by atoms with Crippen LogP contribution in [0.2, 0.25) is 10.0 Å². The molecule has 12 heteroatoms. The van der Waals surface area contributed by atoms with Crippen molar-refractivity contribution in [2.45, 2.75) is 57.4 Å². The van der Waals surface area contributed by atoms with Crippen molar-refractivity contribution in [3.8, 4) is 45.4 Å². The summed E-state index contributed by atoms with van der Waals surface area (Å²) in [6, 6.07) is 11.5. The molecule has 0 atom stereocenters. The van der Waals surface area contributed by atoms with E-state index < -0.39 is 0 Å². The molecule has 2 aliphatic carbocycles. The number of aromatic nitrogens is 4. The molecule has 2 saturated carbocycles. The second-order valence-corrected chi connectivity index (χ2v) is 13.1. The highest BCUT2D eigenvalue weighted by Crippen LogP contribution is 2.42. The monoisotopic (exact) mass is 678 g/mol. The molecular weight excluding hydrogens is 639 g/mol. The fraction of sp³-hybridized carbons (Fsp3) is 0.429. The topological polar surface area (TPSA) is 135 Å². The molecule has 4 N–H and O–H groups in total. The van der Waals surface area contributed by atoms with Crippen LogP contribution in [0.1, 0.15) is 43.5 Å². The number of aliphatic hydroxyl groups is 2. The molecule has 2 heterocycles. The number of ether oxygens (including phenoxy) is 2. The van der Waals surface area contributed by atoms with E-state index in [1.807, 2.05) is 36.4 Å². The summed E-state index contributed by atoms with van der Waals surface area (Å²) in [7, 11) is 3.16. The van der Waals surface area contributed by atoms with Crippen molar-refractivity contribution in [3.63, 3.8) is 0 Å². The number of halogens is 2. The zero-order valence-electron chi connectivity index (χ0n) is 26.5. The number of nitrogens with one attached hydrogen (secondary N) is 2. The number of nitrogens with zero attached hydrogens (tertiary/aromatic N) is 4. The second kappa shape index (κ2) is 15.2. The average Bonchev–Trinajstić information content (AvgIpc) is 3.05. The van der Waals surface area contributed by atoms with Gasteiger partial charge in [-0.05, 0) is 57.0 Å². The molecule has 0 spiro atoms. The number of methoxy groups -OCH3 is 2. The van der Waals surface area contributed by atoms with E-state index in [4.69, 9.17) is 42.6 Å². The molecule has 0 radical (unpaired) electrons. The van der Waals surface area contributed by atoms with Crippen molar-refractivity contribution < 1.29 is 19.7 Å². The standard InChI is InChI=1S/C35H40Cl2N6O4/c1-46-34-30(16-38-10-9-20-11-22(44)12-20)40-18-28(42-34)26-7-3-5-24(32(26)36)25-6-4-8-27(33(25)37)29-19-41-31(35(43-29)47-2)17-39-15-21-13-23(45)14-21/h3-8,18-23,38-39,44-45H,9-17H2,1-2H3/t20?,21-,22?,23+. The molecular formula is C35H40Cl2N6O4. The summed E-state index contributed by atoms with van der Waals surface area (Å²) in [5.41, 5.74) is 5.46. The molecule has 2 aromatic heterocycles. The lowest BCUT2D eigenvalue weighted by Gasteiger charge is -2.31. The first-order chi connectivity index (χ1) is 22.8. The number of benzene rings is 2. The molecule has 0 aliphatic heterocycles. The summed E-state index contributed by atoms with van der Waals surface area (Å²) in [6.07, 6.45) is 7.55. The van der Waals surface area contributed by atoms with Crippen LogP contribution in [0.5, 0.6) is 11.8 Å². The smallest absolute Gasteiger partial charge is 0.237 e. The predicted octanol–water partition coefficient (Wildman–Crippen LogP) is 5.70. The van der Waals surface area contributed by atoms with Crippen LogP contribution in [0.25, 0.3) is 33.6 Å². The molecule has 10 nitrogen and oxygen atoms in total. The maximum Gasteiger partial charge on any atom is 0.237 e. The van der Waals surface area contributed by atoms with Gasteiger partial charge in [-0.15, -0.1) is 0 Å². The summed E-state index contributed by atoms with van der Waals surface area (Å²) in [5.74, 6) is 1.92. The minimum Gasteiger partial charge on any atom is -0.480 e. The lowest BCUT2D eigenvalue weighted by atomic mass is 9.80. The fourth-order valence-electron chi connectivity index (χ4n) is 6.21. The van der Waals surface area contributed by atoms with Gasteiger partial charge in [0.1, 0.15) is 11.4 Å². The summed E-state index contributed by atoms with van der Waals surface area (Å²) in [4.78, 5) is 18.8. The van der Waals surface area contributed by atoms with E-state index in [0.717, 1.165) is 56.3 Å².